The molecule has 0 aromatic rings. The number of rotatable bonds is 2. The summed E-state index contributed by atoms with van der Waals surface area (Å²) in [5.74, 6) is 0. The van der Waals surface area contributed by atoms with Gasteiger partial charge in [0.1, 0.15) is 0 Å². The first-order chi connectivity index (χ1) is 5.84. The highest BCUT2D eigenvalue weighted by Crippen LogP contribution is 2.05. The predicted octanol–water partition coefficient (Wildman–Crippen LogP) is 3.02. The van der Waals surface area contributed by atoms with Crippen molar-refractivity contribution in [3.05, 3.63) is 48.1 Å². The van der Waals surface area contributed by atoms with Crippen molar-refractivity contribution < 1.29 is 0 Å². The molecule has 0 spiro atoms. The molecule has 12 heavy (non-hydrogen) atoms. The molecule has 0 aromatic heterocycles. The highest BCUT2D eigenvalue weighted by molar-refractivity contribution is 6.00. The molecule has 1 N–H and O–H groups in total. The second kappa shape index (κ2) is 4.50. The molecule has 0 saturated heterocycles. The van der Waals surface area contributed by atoms with Crippen LogP contribution in [0, 0.1) is 5.41 Å². The number of hydrogen-bond donors (Lipinski definition) is 1. The lowest BCUT2D eigenvalue weighted by atomic mass is 10.1. The molecule has 0 atom stereocenters. The van der Waals surface area contributed by atoms with E-state index in [0.717, 1.165) is 12.0 Å². The molecule has 1 aliphatic carbocycles. The quantitative estimate of drug-likeness (QED) is 0.599. The minimum absolute atomic E-state index is 0.686. The first kappa shape index (κ1) is 8.72. The summed E-state index contributed by atoms with van der Waals surface area (Å²) in [5, 5.41) is 7.62. The summed E-state index contributed by atoms with van der Waals surface area (Å²) in [5.41, 5.74) is 1.68. The zero-order valence-corrected chi connectivity index (χ0v) is 7.25. The Labute approximate surface area is 73.3 Å². The van der Waals surface area contributed by atoms with Crippen LogP contribution in [0.2, 0.25) is 0 Å². The lowest BCUT2D eigenvalue weighted by Gasteiger charge is -2.00. The monoisotopic (exact) mass is 159 g/mol. The highest BCUT2D eigenvalue weighted by atomic mass is 14.4. The van der Waals surface area contributed by atoms with E-state index in [1.807, 2.05) is 49.5 Å². The van der Waals surface area contributed by atoms with Gasteiger partial charge in [0.25, 0.3) is 0 Å². The predicted molar refractivity (Wildman–Crippen MR) is 53.5 cm³/mol. The maximum atomic E-state index is 7.62. The first-order valence-corrected chi connectivity index (χ1v) is 4.14. The van der Waals surface area contributed by atoms with Gasteiger partial charge in [-0.05, 0) is 12.0 Å². The fraction of sp³-hybridized carbons (Fsp3) is 0.182. The molecule has 1 heteroatoms. The van der Waals surface area contributed by atoms with Crippen LogP contribution in [-0.2, 0) is 0 Å². The van der Waals surface area contributed by atoms with Crippen molar-refractivity contribution >= 4 is 5.71 Å². The summed E-state index contributed by atoms with van der Waals surface area (Å²) in [4.78, 5) is 0. The molecule has 0 unspecified atom stereocenters. The van der Waals surface area contributed by atoms with E-state index in [0.29, 0.717) is 5.71 Å². The zero-order chi connectivity index (χ0) is 8.81. The zero-order valence-electron chi connectivity index (χ0n) is 7.25. The van der Waals surface area contributed by atoms with E-state index in [1.165, 1.54) is 0 Å². The van der Waals surface area contributed by atoms with Crippen molar-refractivity contribution in [1.82, 2.24) is 0 Å². The van der Waals surface area contributed by atoms with Crippen LogP contribution in [-0.4, -0.2) is 5.71 Å². The van der Waals surface area contributed by atoms with Gasteiger partial charge in [-0.3, -0.25) is 0 Å². The molecule has 0 fully saturated rings. The Bertz CT molecular complexity index is 277. The Morgan fingerprint density at radius 3 is 2.58 bits per heavy atom. The average molecular weight is 159 g/mol. The third-order valence-electron chi connectivity index (χ3n) is 1.70. The van der Waals surface area contributed by atoms with E-state index in [2.05, 4.69) is 0 Å². The molecule has 1 rings (SSSR count). The molecule has 0 aliphatic heterocycles. The summed E-state index contributed by atoms with van der Waals surface area (Å²) in [7, 11) is 0. The van der Waals surface area contributed by atoms with Crippen LogP contribution in [0.15, 0.2) is 48.1 Å². The van der Waals surface area contributed by atoms with Crippen molar-refractivity contribution in [3.8, 4) is 0 Å². The van der Waals surface area contributed by atoms with Gasteiger partial charge in [-0.25, -0.2) is 0 Å². The van der Waals surface area contributed by atoms with Gasteiger partial charge < -0.3 is 5.41 Å². The van der Waals surface area contributed by atoms with Gasteiger partial charge in [-0.15, -0.1) is 0 Å². The topological polar surface area (TPSA) is 23.9 Å². The fourth-order valence-corrected chi connectivity index (χ4v) is 0.972. The molecule has 62 valence electrons. The van der Waals surface area contributed by atoms with Crippen LogP contribution in [0.5, 0.6) is 0 Å². The standard InChI is InChI=1S/C11H13N/c1-2-11(12)10-8-6-4-3-5-7-9-10/h3-9,12H,2H2,1H3/b4-3-,5-3?,6-4?,7-5+,8-6+,9-7?,10-8?,10-9+,12-11?. The lowest BCUT2D eigenvalue weighted by molar-refractivity contribution is 1.24. The van der Waals surface area contributed by atoms with E-state index in [1.54, 1.807) is 0 Å². The summed E-state index contributed by atoms with van der Waals surface area (Å²) in [6.45, 7) is 2.00. The second-order valence-electron chi connectivity index (χ2n) is 2.58. The Morgan fingerprint density at radius 2 is 1.83 bits per heavy atom. The smallest absolute Gasteiger partial charge is 0.0383 e. The van der Waals surface area contributed by atoms with Gasteiger partial charge in [0.05, 0.1) is 0 Å². The van der Waals surface area contributed by atoms with Gasteiger partial charge >= 0.3 is 0 Å². The molecule has 0 heterocycles. The van der Waals surface area contributed by atoms with Crippen LogP contribution >= 0.6 is 0 Å². The first-order valence-electron chi connectivity index (χ1n) is 4.14. The maximum absolute atomic E-state index is 7.62. The summed E-state index contributed by atoms with van der Waals surface area (Å²) >= 11 is 0. The highest BCUT2D eigenvalue weighted by Gasteiger charge is 1.96. The average Bonchev–Trinajstić information content (AvgIpc) is 2.02. The largest absolute Gasteiger partial charge is 0.305 e. The van der Waals surface area contributed by atoms with E-state index >= 15 is 0 Å². The van der Waals surface area contributed by atoms with Crippen molar-refractivity contribution in [3.63, 3.8) is 0 Å². The normalized spacial score (nSPS) is 27.6. The van der Waals surface area contributed by atoms with Gasteiger partial charge in [0.2, 0.25) is 0 Å². The molecule has 0 amide bonds. The second-order valence-corrected chi connectivity index (χ2v) is 2.58. The van der Waals surface area contributed by atoms with Crippen LogP contribution in [0.1, 0.15) is 13.3 Å². The minimum atomic E-state index is 0.686. The van der Waals surface area contributed by atoms with Crippen LogP contribution in [0.3, 0.4) is 0 Å². The molecule has 1 nitrogen and oxygen atoms in total. The minimum Gasteiger partial charge on any atom is -0.305 e. The van der Waals surface area contributed by atoms with Gasteiger partial charge in [0, 0.05) is 5.71 Å². The molecule has 0 radical (unpaired) electrons. The molecule has 1 aliphatic rings. The van der Waals surface area contributed by atoms with Crippen LogP contribution in [0.4, 0.5) is 0 Å². The van der Waals surface area contributed by atoms with E-state index in [4.69, 9.17) is 5.41 Å². The Kier molecular flexibility index (Phi) is 3.27. The molecular weight excluding hydrogens is 146 g/mol. The van der Waals surface area contributed by atoms with E-state index in [-0.39, 0.29) is 0 Å². The maximum Gasteiger partial charge on any atom is 0.0383 e. The Hall–Kier alpha value is -1.37. The molecule has 0 bridgehead atoms. The number of allylic oxidation sites excluding steroid dienone is 8. The van der Waals surface area contributed by atoms with Gasteiger partial charge in [-0.1, -0.05) is 49.5 Å². The number of nitrogens with one attached hydrogen (secondary N) is 1. The Morgan fingerprint density at radius 1 is 1.17 bits per heavy atom. The van der Waals surface area contributed by atoms with Gasteiger partial charge in [-0.2, -0.15) is 0 Å². The molecule has 0 aromatic carbocycles. The third-order valence-corrected chi connectivity index (χ3v) is 1.70. The number of hydrogen-bond acceptors (Lipinski definition) is 1. The SMILES string of the molecule is CCC(=N)C1=C/C=C/C=C\C=C\1. The van der Waals surface area contributed by atoms with Crippen LogP contribution in [0.25, 0.3) is 0 Å². The van der Waals surface area contributed by atoms with Crippen molar-refractivity contribution in [2.45, 2.75) is 13.3 Å². The van der Waals surface area contributed by atoms with Crippen molar-refractivity contribution in [2.75, 3.05) is 0 Å². The van der Waals surface area contributed by atoms with Crippen LogP contribution < -0.4 is 0 Å². The summed E-state index contributed by atoms with van der Waals surface area (Å²) in [6, 6.07) is 0. The molecular formula is C11H13N. The van der Waals surface area contributed by atoms with Crippen molar-refractivity contribution in [2.24, 2.45) is 0 Å². The third kappa shape index (κ3) is 2.35. The molecule has 0 saturated carbocycles. The van der Waals surface area contributed by atoms with E-state index in [9.17, 15) is 0 Å². The fourth-order valence-electron chi connectivity index (χ4n) is 0.972. The summed E-state index contributed by atoms with van der Waals surface area (Å²) < 4.78 is 0. The van der Waals surface area contributed by atoms with E-state index < -0.39 is 0 Å². The summed E-state index contributed by atoms with van der Waals surface area (Å²) in [6.07, 6.45) is 14.5. The van der Waals surface area contributed by atoms with Crippen molar-refractivity contribution in [1.29, 1.82) is 5.41 Å². The Balaban J connectivity index is 2.82. The lowest BCUT2D eigenvalue weighted by Crippen LogP contribution is -1.96. The van der Waals surface area contributed by atoms with Gasteiger partial charge in [0.15, 0.2) is 0 Å².